The molecule has 1 aliphatic rings. The van der Waals surface area contributed by atoms with Crippen LogP contribution in [0.5, 0.6) is 11.5 Å². The Kier molecular flexibility index (Phi) is 7.30. The standard InChI is InChI=1S/C28H31N5O5/c1-18-12-14-24(38-18)27(28(35)29-19-8-4-5-9-19)33(20-13-15-23(36-2)25(16-20)37-3)26(34)17-32-22-11-7-6-10-21(22)30-31-32/h6-7,10-16,19,27H,4-5,8-9,17H2,1-3H3,(H,29,35)/t27-/m0/s1. The first kappa shape index (κ1) is 25.3. The third-order valence-corrected chi connectivity index (χ3v) is 6.86. The van der Waals surface area contributed by atoms with E-state index < -0.39 is 6.04 Å². The highest BCUT2D eigenvalue weighted by Crippen LogP contribution is 2.36. The normalized spacial score (nSPS) is 14.4. The lowest BCUT2D eigenvalue weighted by Crippen LogP contribution is -2.47. The summed E-state index contributed by atoms with van der Waals surface area (Å²) in [6.07, 6.45) is 3.94. The van der Waals surface area contributed by atoms with Gasteiger partial charge >= 0.3 is 0 Å². The van der Waals surface area contributed by atoms with E-state index in [0.717, 1.165) is 25.7 Å². The van der Waals surface area contributed by atoms with Crippen molar-refractivity contribution >= 4 is 28.5 Å². The number of amides is 2. The van der Waals surface area contributed by atoms with Crippen LogP contribution in [0.4, 0.5) is 5.69 Å². The molecule has 10 nitrogen and oxygen atoms in total. The zero-order valence-corrected chi connectivity index (χ0v) is 21.7. The second kappa shape index (κ2) is 11.0. The highest BCUT2D eigenvalue weighted by Gasteiger charge is 2.37. The maximum atomic E-state index is 14.1. The molecule has 5 rings (SSSR count). The molecule has 2 aromatic heterocycles. The molecule has 4 aromatic rings. The third kappa shape index (κ3) is 5.06. The molecule has 10 heteroatoms. The number of hydrogen-bond donors (Lipinski definition) is 1. The van der Waals surface area contributed by atoms with E-state index in [0.29, 0.717) is 39.7 Å². The lowest BCUT2D eigenvalue weighted by Gasteiger charge is -2.31. The molecule has 1 N–H and O–H groups in total. The number of para-hydroxylation sites is 1. The van der Waals surface area contributed by atoms with Gasteiger partial charge in [-0.25, -0.2) is 4.68 Å². The SMILES string of the molecule is COc1ccc(N(C(=O)Cn2nnc3ccccc32)[C@H](C(=O)NC2CCCC2)c2ccc(C)o2)cc1OC. The van der Waals surface area contributed by atoms with Crippen LogP contribution >= 0.6 is 0 Å². The Morgan fingerprint density at radius 1 is 1.08 bits per heavy atom. The Morgan fingerprint density at radius 2 is 1.84 bits per heavy atom. The number of anilines is 1. The van der Waals surface area contributed by atoms with Crippen LogP contribution in [0.2, 0.25) is 0 Å². The molecule has 2 heterocycles. The van der Waals surface area contributed by atoms with Crippen molar-refractivity contribution in [2.24, 2.45) is 0 Å². The van der Waals surface area contributed by atoms with E-state index in [-0.39, 0.29) is 24.4 Å². The zero-order valence-electron chi connectivity index (χ0n) is 21.7. The predicted molar refractivity (Wildman–Crippen MR) is 141 cm³/mol. The molecule has 0 radical (unpaired) electrons. The Bertz CT molecular complexity index is 1440. The van der Waals surface area contributed by atoms with E-state index >= 15 is 0 Å². The first-order chi connectivity index (χ1) is 18.5. The number of fused-ring (bicyclic) bond motifs is 1. The van der Waals surface area contributed by atoms with Crippen LogP contribution in [0.3, 0.4) is 0 Å². The molecule has 0 aliphatic heterocycles. The van der Waals surface area contributed by atoms with Crippen molar-refractivity contribution in [1.29, 1.82) is 0 Å². The summed E-state index contributed by atoms with van der Waals surface area (Å²) in [5.41, 5.74) is 1.85. The van der Waals surface area contributed by atoms with Gasteiger partial charge in [-0.15, -0.1) is 5.10 Å². The summed E-state index contributed by atoms with van der Waals surface area (Å²) in [5.74, 6) is 1.27. The number of nitrogens with one attached hydrogen (secondary N) is 1. The van der Waals surface area contributed by atoms with Crippen molar-refractivity contribution in [3.05, 3.63) is 66.1 Å². The minimum Gasteiger partial charge on any atom is -0.493 e. The molecular weight excluding hydrogens is 486 g/mol. The van der Waals surface area contributed by atoms with Crippen LogP contribution in [0, 0.1) is 6.92 Å². The summed E-state index contributed by atoms with van der Waals surface area (Å²) in [6.45, 7) is 1.67. The molecule has 2 aromatic carbocycles. The van der Waals surface area contributed by atoms with Crippen LogP contribution in [0.15, 0.2) is 59.0 Å². The Labute approximate surface area is 220 Å². The van der Waals surface area contributed by atoms with Crippen LogP contribution in [-0.2, 0) is 16.1 Å². The molecule has 2 amide bonds. The molecule has 1 aliphatic carbocycles. The number of hydrogen-bond acceptors (Lipinski definition) is 7. The summed E-state index contributed by atoms with van der Waals surface area (Å²) >= 11 is 0. The van der Waals surface area contributed by atoms with E-state index in [1.807, 2.05) is 24.3 Å². The predicted octanol–water partition coefficient (Wildman–Crippen LogP) is 4.18. The number of nitrogens with zero attached hydrogens (tertiary/aromatic N) is 4. The molecule has 0 saturated heterocycles. The van der Waals surface area contributed by atoms with Crippen LogP contribution < -0.4 is 19.7 Å². The number of aryl methyl sites for hydroxylation is 1. The number of carbonyl (C=O) groups excluding carboxylic acids is 2. The highest BCUT2D eigenvalue weighted by atomic mass is 16.5. The van der Waals surface area contributed by atoms with Crippen molar-refractivity contribution in [3.63, 3.8) is 0 Å². The largest absolute Gasteiger partial charge is 0.493 e. The van der Waals surface area contributed by atoms with Gasteiger partial charge in [-0.1, -0.05) is 30.2 Å². The monoisotopic (exact) mass is 517 g/mol. The summed E-state index contributed by atoms with van der Waals surface area (Å²) in [5, 5.41) is 11.5. The maximum absolute atomic E-state index is 14.1. The van der Waals surface area contributed by atoms with Crippen molar-refractivity contribution in [2.45, 2.75) is 51.2 Å². The van der Waals surface area contributed by atoms with E-state index in [2.05, 4.69) is 15.6 Å². The molecule has 198 valence electrons. The number of benzene rings is 2. The minimum atomic E-state index is -1.05. The van der Waals surface area contributed by atoms with Gasteiger partial charge in [0.15, 0.2) is 17.5 Å². The molecule has 38 heavy (non-hydrogen) atoms. The Hall–Kier alpha value is -4.34. The summed E-state index contributed by atoms with van der Waals surface area (Å²) < 4.78 is 18.4. The quantitative estimate of drug-likeness (QED) is 0.354. The molecule has 0 bridgehead atoms. The Morgan fingerprint density at radius 3 is 2.55 bits per heavy atom. The molecule has 0 spiro atoms. The lowest BCUT2D eigenvalue weighted by molar-refractivity contribution is -0.127. The number of ether oxygens (including phenoxy) is 2. The van der Waals surface area contributed by atoms with Crippen molar-refractivity contribution in [3.8, 4) is 11.5 Å². The van der Waals surface area contributed by atoms with E-state index in [1.165, 1.54) is 16.7 Å². The number of aromatic nitrogens is 3. The highest BCUT2D eigenvalue weighted by molar-refractivity contribution is 6.01. The summed E-state index contributed by atoms with van der Waals surface area (Å²) in [4.78, 5) is 29.4. The van der Waals surface area contributed by atoms with Crippen LogP contribution in [0.1, 0.15) is 43.2 Å². The fourth-order valence-corrected chi connectivity index (χ4v) is 4.97. The summed E-state index contributed by atoms with van der Waals surface area (Å²) in [6, 6.07) is 15.1. The van der Waals surface area contributed by atoms with Crippen molar-refractivity contribution in [2.75, 3.05) is 19.1 Å². The van der Waals surface area contributed by atoms with Gasteiger partial charge < -0.3 is 19.2 Å². The molecule has 1 fully saturated rings. The van der Waals surface area contributed by atoms with Gasteiger partial charge in [0.25, 0.3) is 5.91 Å². The fraction of sp³-hybridized carbons (Fsp3) is 0.357. The average Bonchev–Trinajstić information content (AvgIpc) is 3.69. The van der Waals surface area contributed by atoms with E-state index in [1.54, 1.807) is 44.4 Å². The van der Waals surface area contributed by atoms with Gasteiger partial charge in [-0.3, -0.25) is 14.5 Å². The minimum absolute atomic E-state index is 0.0580. The molecule has 1 saturated carbocycles. The van der Waals surface area contributed by atoms with Gasteiger partial charge in [0.2, 0.25) is 5.91 Å². The first-order valence-electron chi connectivity index (χ1n) is 12.7. The van der Waals surface area contributed by atoms with Gasteiger partial charge in [0.1, 0.15) is 23.6 Å². The van der Waals surface area contributed by atoms with E-state index in [4.69, 9.17) is 13.9 Å². The smallest absolute Gasteiger partial charge is 0.251 e. The molecule has 0 unspecified atom stereocenters. The van der Waals surface area contributed by atoms with Crippen LogP contribution in [0.25, 0.3) is 11.0 Å². The molecule has 1 atom stereocenters. The lowest BCUT2D eigenvalue weighted by atomic mass is 10.1. The van der Waals surface area contributed by atoms with Gasteiger partial charge in [-0.05, 0) is 56.2 Å². The van der Waals surface area contributed by atoms with Gasteiger partial charge in [0, 0.05) is 17.8 Å². The van der Waals surface area contributed by atoms with Crippen molar-refractivity contribution in [1.82, 2.24) is 20.3 Å². The number of furan rings is 1. The number of methoxy groups -OCH3 is 2. The van der Waals surface area contributed by atoms with E-state index in [9.17, 15) is 9.59 Å². The number of rotatable bonds is 9. The number of carbonyl (C=O) groups is 2. The van der Waals surface area contributed by atoms with Gasteiger partial charge in [-0.2, -0.15) is 0 Å². The second-order valence-electron chi connectivity index (χ2n) is 9.38. The second-order valence-corrected chi connectivity index (χ2v) is 9.38. The molecular formula is C28H31N5O5. The third-order valence-electron chi connectivity index (χ3n) is 6.86. The first-order valence-corrected chi connectivity index (χ1v) is 12.7. The average molecular weight is 518 g/mol. The zero-order chi connectivity index (χ0) is 26.6. The van der Waals surface area contributed by atoms with Gasteiger partial charge in [0.05, 0.1) is 19.7 Å². The van der Waals surface area contributed by atoms with Crippen molar-refractivity contribution < 1.29 is 23.5 Å². The topological polar surface area (TPSA) is 112 Å². The summed E-state index contributed by atoms with van der Waals surface area (Å²) in [7, 11) is 3.06. The maximum Gasteiger partial charge on any atom is 0.251 e. The Balaban J connectivity index is 1.59. The fourth-order valence-electron chi connectivity index (χ4n) is 4.97. The van der Waals surface area contributed by atoms with Crippen LogP contribution in [-0.4, -0.2) is 47.1 Å².